The molecule has 0 fully saturated rings. The predicted octanol–water partition coefficient (Wildman–Crippen LogP) is 3.28. The summed E-state index contributed by atoms with van der Waals surface area (Å²) in [5.41, 5.74) is 1.46. The van der Waals surface area contributed by atoms with Gasteiger partial charge >= 0.3 is 0 Å². The van der Waals surface area contributed by atoms with Gasteiger partial charge in [-0.1, -0.05) is 12.1 Å². The van der Waals surface area contributed by atoms with Gasteiger partial charge in [0.1, 0.15) is 17.3 Å². The highest BCUT2D eigenvalue weighted by Crippen LogP contribution is 2.34. The standard InChI is InChI=1S/C13H11N3O3S/c1-19-8-15-11(13-14-5-6-20-13)7-9-3-2-4-10(12(9)15)16(17)18/h2-7H,8H2,1H3. The summed E-state index contributed by atoms with van der Waals surface area (Å²) in [5, 5.41) is 14.7. The minimum atomic E-state index is -0.375. The summed E-state index contributed by atoms with van der Waals surface area (Å²) in [5.74, 6) is 0. The lowest BCUT2D eigenvalue weighted by Gasteiger charge is -2.07. The molecule has 0 aliphatic rings. The maximum absolute atomic E-state index is 11.2. The molecule has 0 aliphatic carbocycles. The largest absolute Gasteiger partial charge is 0.364 e. The third-order valence-corrected chi connectivity index (χ3v) is 3.80. The number of methoxy groups -OCH3 is 1. The molecular weight excluding hydrogens is 278 g/mol. The Balaban J connectivity index is 2.34. The van der Waals surface area contributed by atoms with E-state index in [4.69, 9.17) is 4.74 Å². The Kier molecular flexibility index (Phi) is 3.21. The van der Waals surface area contributed by atoms with E-state index in [-0.39, 0.29) is 17.3 Å². The summed E-state index contributed by atoms with van der Waals surface area (Å²) in [7, 11) is 1.56. The fourth-order valence-electron chi connectivity index (χ4n) is 2.24. The molecule has 0 aliphatic heterocycles. The van der Waals surface area contributed by atoms with E-state index in [0.717, 1.165) is 16.1 Å². The lowest BCUT2D eigenvalue weighted by Crippen LogP contribution is -2.03. The third kappa shape index (κ3) is 1.97. The van der Waals surface area contributed by atoms with Crippen LogP contribution in [0, 0.1) is 10.1 Å². The highest BCUT2D eigenvalue weighted by Gasteiger charge is 2.20. The van der Waals surface area contributed by atoms with Crippen LogP contribution in [-0.4, -0.2) is 21.6 Å². The fourth-order valence-corrected chi connectivity index (χ4v) is 2.90. The first-order chi connectivity index (χ1) is 9.72. The van der Waals surface area contributed by atoms with Crippen molar-refractivity contribution in [3.05, 3.63) is 46.0 Å². The van der Waals surface area contributed by atoms with Gasteiger partial charge in [0.25, 0.3) is 5.69 Å². The van der Waals surface area contributed by atoms with Crippen molar-refractivity contribution in [2.24, 2.45) is 0 Å². The molecule has 0 atom stereocenters. The second-order valence-electron chi connectivity index (χ2n) is 4.18. The Bertz CT molecular complexity index is 765. The van der Waals surface area contributed by atoms with Crippen molar-refractivity contribution in [3.63, 3.8) is 0 Å². The van der Waals surface area contributed by atoms with Gasteiger partial charge in [0, 0.05) is 30.1 Å². The van der Waals surface area contributed by atoms with E-state index in [1.807, 2.05) is 17.5 Å². The smallest absolute Gasteiger partial charge is 0.293 e. The summed E-state index contributed by atoms with van der Waals surface area (Å²) in [4.78, 5) is 15.1. The number of nitro groups is 1. The molecule has 0 saturated carbocycles. The molecule has 20 heavy (non-hydrogen) atoms. The van der Waals surface area contributed by atoms with Crippen molar-refractivity contribution in [2.75, 3.05) is 7.11 Å². The first kappa shape index (κ1) is 12.8. The molecule has 3 rings (SSSR count). The van der Waals surface area contributed by atoms with Crippen LogP contribution >= 0.6 is 11.3 Å². The van der Waals surface area contributed by atoms with E-state index in [0.29, 0.717) is 5.52 Å². The van der Waals surface area contributed by atoms with Gasteiger partial charge < -0.3 is 9.30 Å². The number of para-hydroxylation sites is 1. The molecule has 0 unspecified atom stereocenters. The van der Waals surface area contributed by atoms with E-state index >= 15 is 0 Å². The Morgan fingerprint density at radius 1 is 1.50 bits per heavy atom. The molecule has 0 amide bonds. The number of nitro benzene ring substituents is 1. The lowest BCUT2D eigenvalue weighted by atomic mass is 10.2. The zero-order chi connectivity index (χ0) is 14.1. The molecule has 0 radical (unpaired) electrons. The van der Waals surface area contributed by atoms with Gasteiger partial charge in [-0.3, -0.25) is 10.1 Å². The van der Waals surface area contributed by atoms with Crippen LogP contribution in [-0.2, 0) is 11.5 Å². The molecule has 1 aromatic carbocycles. The maximum Gasteiger partial charge on any atom is 0.293 e. The number of hydrogen-bond acceptors (Lipinski definition) is 5. The zero-order valence-corrected chi connectivity index (χ0v) is 11.5. The topological polar surface area (TPSA) is 70.2 Å². The molecule has 102 valence electrons. The number of rotatable bonds is 4. The van der Waals surface area contributed by atoms with Gasteiger partial charge in [-0.05, 0) is 6.07 Å². The summed E-state index contributed by atoms with van der Waals surface area (Å²) < 4.78 is 6.97. The summed E-state index contributed by atoms with van der Waals surface area (Å²) in [6, 6.07) is 6.94. The predicted molar refractivity (Wildman–Crippen MR) is 76.7 cm³/mol. The number of hydrogen-bond donors (Lipinski definition) is 0. The number of thiazole rings is 1. The SMILES string of the molecule is COCn1c(-c2nccs2)cc2cccc([N+](=O)[O-])c21. The number of fused-ring (bicyclic) bond motifs is 1. The van der Waals surface area contributed by atoms with Gasteiger partial charge in [-0.25, -0.2) is 4.98 Å². The van der Waals surface area contributed by atoms with Gasteiger partial charge in [0.15, 0.2) is 0 Å². The second kappa shape index (κ2) is 5.03. The number of nitrogens with zero attached hydrogens (tertiary/aromatic N) is 3. The number of non-ortho nitro benzene ring substituents is 1. The van der Waals surface area contributed by atoms with E-state index in [9.17, 15) is 10.1 Å². The van der Waals surface area contributed by atoms with Crippen molar-refractivity contribution < 1.29 is 9.66 Å². The molecule has 0 saturated heterocycles. The van der Waals surface area contributed by atoms with Crippen LogP contribution in [0.25, 0.3) is 21.6 Å². The van der Waals surface area contributed by atoms with Crippen molar-refractivity contribution in [3.8, 4) is 10.7 Å². The third-order valence-electron chi connectivity index (χ3n) is 3.01. The quantitative estimate of drug-likeness (QED) is 0.546. The van der Waals surface area contributed by atoms with Crippen LogP contribution in [0.4, 0.5) is 5.69 Å². The van der Waals surface area contributed by atoms with Crippen LogP contribution < -0.4 is 0 Å². The van der Waals surface area contributed by atoms with E-state index in [2.05, 4.69) is 4.98 Å². The average molecular weight is 289 g/mol. The average Bonchev–Trinajstić information content (AvgIpc) is 3.06. The summed E-state index contributed by atoms with van der Waals surface area (Å²) in [6.45, 7) is 0.239. The van der Waals surface area contributed by atoms with Crippen molar-refractivity contribution in [1.82, 2.24) is 9.55 Å². The van der Waals surface area contributed by atoms with E-state index in [1.54, 1.807) is 23.9 Å². The maximum atomic E-state index is 11.2. The Morgan fingerprint density at radius 2 is 2.35 bits per heavy atom. The van der Waals surface area contributed by atoms with Crippen LogP contribution in [0.5, 0.6) is 0 Å². The minimum Gasteiger partial charge on any atom is -0.364 e. The van der Waals surface area contributed by atoms with Crippen LogP contribution in [0.15, 0.2) is 35.8 Å². The highest BCUT2D eigenvalue weighted by atomic mass is 32.1. The number of benzene rings is 1. The molecule has 7 heteroatoms. The lowest BCUT2D eigenvalue weighted by molar-refractivity contribution is -0.383. The first-order valence-corrected chi connectivity index (χ1v) is 6.76. The summed E-state index contributed by atoms with van der Waals surface area (Å²) >= 11 is 1.49. The molecule has 0 N–H and O–H groups in total. The fraction of sp³-hybridized carbons (Fsp3) is 0.154. The van der Waals surface area contributed by atoms with Gasteiger partial charge in [-0.15, -0.1) is 11.3 Å². The van der Waals surface area contributed by atoms with Crippen LogP contribution in [0.2, 0.25) is 0 Å². The Morgan fingerprint density at radius 3 is 3.00 bits per heavy atom. The van der Waals surface area contributed by atoms with Crippen molar-refractivity contribution in [2.45, 2.75) is 6.73 Å². The van der Waals surface area contributed by atoms with E-state index in [1.165, 1.54) is 17.4 Å². The van der Waals surface area contributed by atoms with Crippen molar-refractivity contribution >= 4 is 27.9 Å². The molecule has 0 spiro atoms. The minimum absolute atomic E-state index is 0.0716. The van der Waals surface area contributed by atoms with Gasteiger partial charge in [0.05, 0.1) is 10.6 Å². The Hall–Kier alpha value is -2.25. The zero-order valence-electron chi connectivity index (χ0n) is 10.6. The van der Waals surface area contributed by atoms with Gasteiger partial charge in [0.2, 0.25) is 0 Å². The first-order valence-electron chi connectivity index (χ1n) is 5.88. The molecule has 3 aromatic rings. The highest BCUT2D eigenvalue weighted by molar-refractivity contribution is 7.13. The van der Waals surface area contributed by atoms with Crippen LogP contribution in [0.3, 0.4) is 0 Å². The van der Waals surface area contributed by atoms with Gasteiger partial charge in [-0.2, -0.15) is 0 Å². The van der Waals surface area contributed by atoms with E-state index < -0.39 is 0 Å². The molecule has 2 aromatic heterocycles. The molecule has 6 nitrogen and oxygen atoms in total. The molecular formula is C13H11N3O3S. The Labute approximate surface area is 118 Å². The molecule has 2 heterocycles. The normalized spacial score (nSPS) is 11.1. The summed E-state index contributed by atoms with van der Waals surface area (Å²) in [6.07, 6.45) is 1.71. The van der Waals surface area contributed by atoms with Crippen LogP contribution in [0.1, 0.15) is 0 Å². The number of ether oxygens (including phenoxy) is 1. The van der Waals surface area contributed by atoms with Crippen molar-refractivity contribution in [1.29, 1.82) is 0 Å². The second-order valence-corrected chi connectivity index (χ2v) is 5.08. The monoisotopic (exact) mass is 289 g/mol. The molecule has 0 bridgehead atoms. The number of aromatic nitrogens is 2.